The Bertz CT molecular complexity index is 3020. The molecule has 0 bridgehead atoms. The molecule has 7 unspecified atom stereocenters. The van der Waals surface area contributed by atoms with Crippen molar-refractivity contribution in [3.05, 3.63) is 65.5 Å². The van der Waals surface area contributed by atoms with Gasteiger partial charge in [-0.05, 0) is 203 Å². The normalized spacial score (nSPS) is 13.6. The molecule has 0 aromatic heterocycles. The maximum absolute atomic E-state index is 13.6. The Kier molecular flexibility index (Phi) is 42.9. The van der Waals surface area contributed by atoms with Crippen LogP contribution in [0.15, 0.2) is 0 Å². The molecule has 7 atom stereocenters. The van der Waals surface area contributed by atoms with Crippen molar-refractivity contribution in [1.82, 2.24) is 31.9 Å². The summed E-state index contributed by atoms with van der Waals surface area (Å²) < 4.78 is 6.50. The minimum absolute atomic E-state index is 0.0141. The molecule has 0 spiro atoms. The Hall–Kier alpha value is -1.14. The zero-order valence-electron chi connectivity index (χ0n) is 51.5. The number of ether oxygens (including phenoxy) is 1. The van der Waals surface area contributed by atoms with Gasteiger partial charge in [-0.3, -0.25) is 43.2 Å². The highest BCUT2D eigenvalue weighted by atomic mass is 127. The Balaban J connectivity index is 0.000000772. The molecule has 544 valence electrons. The first-order chi connectivity index (χ1) is 45.4. The zero-order valence-corrected chi connectivity index (χ0v) is 70.9. The fourth-order valence-corrected chi connectivity index (χ4v) is 22.3. The number of carbonyl (C=O) groups is 9. The fraction of sp³-hybridized carbons (Fsp3) is 0.509. The van der Waals surface area contributed by atoms with Crippen LogP contribution in [0.5, 0.6) is 0 Å². The molecule has 3 aromatic rings. The van der Waals surface area contributed by atoms with Gasteiger partial charge in [-0.2, -0.15) is 0 Å². The van der Waals surface area contributed by atoms with Crippen LogP contribution in [0.4, 0.5) is 17.1 Å². The van der Waals surface area contributed by atoms with E-state index in [1.165, 1.54) is 18.9 Å². The summed E-state index contributed by atoms with van der Waals surface area (Å²) in [6.45, 7) is -3.69. The molecule has 0 aliphatic carbocycles. The molecular weight excluding hydrogens is 2310 g/mol. The van der Waals surface area contributed by atoms with E-state index in [1.54, 1.807) is 136 Å². The van der Waals surface area contributed by atoms with Gasteiger partial charge in [-0.25, -0.2) is 0 Å². The summed E-state index contributed by atoms with van der Waals surface area (Å²) in [5.74, 6) is -6.37. The van der Waals surface area contributed by atoms with E-state index in [-0.39, 0.29) is 128 Å². The number of aliphatic hydroxyl groups excluding tert-OH is 14. The molecule has 42 heteroatoms. The van der Waals surface area contributed by atoms with Gasteiger partial charge in [-0.15, -0.1) is 0 Å². The van der Waals surface area contributed by atoms with Crippen molar-refractivity contribution < 1.29 is 119 Å². The van der Waals surface area contributed by atoms with Gasteiger partial charge in [0.1, 0.15) is 0 Å². The maximum Gasteiger partial charge on any atom is 0.253 e. The average molecular weight is 2390 g/mol. The first-order valence-corrected chi connectivity index (χ1v) is 37.9. The van der Waals surface area contributed by atoms with Gasteiger partial charge in [0, 0.05) is 77.9 Å². The maximum atomic E-state index is 13.6. The third-order valence-corrected chi connectivity index (χ3v) is 22.5. The fourth-order valence-electron chi connectivity index (χ4n) is 8.11. The molecule has 0 saturated carbocycles. The van der Waals surface area contributed by atoms with Crippen molar-refractivity contribution in [2.75, 3.05) is 127 Å². The first-order valence-electron chi connectivity index (χ1n) is 28.1. The standard InChI is InChI=1S/C35H44I6N6O15.C20H28I3N3O9/c1-13(52)46(30-26(38)20(32(59)42-3-15(54)9-48)24(36)21(27(30)39)33(60)43-4-16(55)10-49)7-19(58)8-47(14(2)53)31-28(40)22(34(61)44-5-17(56)11-50)25(37)23(29(31)41)35(62)45-6-18(57)12-51;1-9(29)26(5-12(32)8-35-2)18-16(22)13(19(33)24-3-10(30)6-27)15(21)14(17(18)23)20(34)25-4-11(31)7-28/h15-19,48-51,54-58H,3-12H2,1-2H3,(H,42,59)(H,43,60)(H,44,61)(H,45,62);10-12,27-28,30-32H,3-8H2,1-2H3,(H,24,33)(H,25,34). The number of hydrogen-bond acceptors (Lipinski definition) is 24. The second-order valence-electron chi connectivity index (χ2n) is 20.6. The van der Waals surface area contributed by atoms with Crippen molar-refractivity contribution in [2.24, 2.45) is 0 Å². The molecule has 0 heterocycles. The SMILES string of the molecule is CC(=O)N(CC(O)CN(C(C)=O)c1c(I)c(C(=O)NCC(O)CO)c(I)c(C(=O)NCC(O)CO)c1I)c1c(I)c(C(=O)NCC(O)CO)c(I)c(C(=O)NCC(O)CO)c1I.COCC(O)CN(C(C)=O)c1c(I)c(C(=O)NCC(O)CO)c(I)c(C(=O)NCC(O)CO)c1I. The second kappa shape index (κ2) is 45.3. The molecular formula is C55H72I9N9O24. The van der Waals surface area contributed by atoms with Gasteiger partial charge < -0.3 is 123 Å². The Morgan fingerprint density at radius 2 is 0.474 bits per heavy atom. The number of amides is 9. The van der Waals surface area contributed by atoms with E-state index in [9.17, 15) is 104 Å². The van der Waals surface area contributed by atoms with Crippen molar-refractivity contribution in [3.8, 4) is 0 Å². The van der Waals surface area contributed by atoms with E-state index < -0.39 is 155 Å². The van der Waals surface area contributed by atoms with E-state index in [4.69, 9.17) is 14.9 Å². The molecule has 9 amide bonds. The van der Waals surface area contributed by atoms with Gasteiger partial charge in [0.2, 0.25) is 17.7 Å². The van der Waals surface area contributed by atoms with Crippen molar-refractivity contribution in [1.29, 1.82) is 0 Å². The second-order valence-corrected chi connectivity index (χ2v) is 30.3. The number of anilines is 3. The summed E-state index contributed by atoms with van der Waals surface area (Å²) in [7, 11) is 1.40. The molecule has 0 fully saturated rings. The predicted octanol–water partition coefficient (Wildman–Crippen LogP) is -2.56. The number of nitrogens with zero attached hydrogens (tertiary/aromatic N) is 3. The van der Waals surface area contributed by atoms with Crippen LogP contribution >= 0.6 is 203 Å². The zero-order chi connectivity index (χ0) is 74.2. The number of nitrogens with one attached hydrogen (secondary N) is 6. The summed E-state index contributed by atoms with van der Waals surface area (Å²) in [6.07, 6.45) is -10.4. The first kappa shape index (κ1) is 91.9. The van der Waals surface area contributed by atoms with Crippen molar-refractivity contribution in [2.45, 2.75) is 69.6 Å². The number of benzene rings is 3. The van der Waals surface area contributed by atoms with Crippen LogP contribution in [0, 0.1) is 32.1 Å². The number of rotatable bonds is 35. The number of hydrogen-bond donors (Lipinski definition) is 20. The van der Waals surface area contributed by atoms with E-state index in [0.29, 0.717) is 7.14 Å². The quantitative estimate of drug-likeness (QED) is 0.0269. The smallest absolute Gasteiger partial charge is 0.253 e. The Labute approximate surface area is 678 Å². The summed E-state index contributed by atoms with van der Waals surface area (Å²) in [5, 5.41) is 151. The lowest BCUT2D eigenvalue weighted by molar-refractivity contribution is -0.118. The highest BCUT2D eigenvalue weighted by Gasteiger charge is 2.37. The molecule has 0 radical (unpaired) electrons. The van der Waals surface area contributed by atoms with Crippen LogP contribution in [0.2, 0.25) is 0 Å². The van der Waals surface area contributed by atoms with Gasteiger partial charge in [0.05, 0.1) is 187 Å². The molecule has 0 aliphatic rings. The lowest BCUT2D eigenvalue weighted by Gasteiger charge is -2.32. The molecule has 33 nitrogen and oxygen atoms in total. The Morgan fingerprint density at radius 1 is 0.309 bits per heavy atom. The molecule has 0 saturated heterocycles. The largest absolute Gasteiger partial charge is 0.394 e. The molecule has 20 N–H and O–H groups in total. The number of halogens is 9. The number of carbonyl (C=O) groups excluding carboxylic acids is 9. The molecule has 97 heavy (non-hydrogen) atoms. The van der Waals surface area contributed by atoms with Crippen molar-refractivity contribution >= 4 is 274 Å². The van der Waals surface area contributed by atoms with Crippen LogP contribution in [0.3, 0.4) is 0 Å². The van der Waals surface area contributed by atoms with E-state index in [2.05, 4.69) is 31.9 Å². The molecule has 3 rings (SSSR count). The number of methoxy groups -OCH3 is 1. The van der Waals surface area contributed by atoms with Gasteiger partial charge in [-0.1, -0.05) is 0 Å². The third-order valence-electron chi connectivity index (χ3n) is 13.0. The summed E-state index contributed by atoms with van der Waals surface area (Å²) in [6, 6.07) is 0. The lowest BCUT2D eigenvalue weighted by Crippen LogP contribution is -2.45. The van der Waals surface area contributed by atoms with E-state index >= 15 is 0 Å². The van der Waals surface area contributed by atoms with E-state index in [0.717, 1.165) is 23.6 Å². The third kappa shape index (κ3) is 26.4. The summed E-state index contributed by atoms with van der Waals surface area (Å²) in [4.78, 5) is 124. The van der Waals surface area contributed by atoms with Crippen LogP contribution in [-0.4, -0.2) is 286 Å². The van der Waals surface area contributed by atoms with Gasteiger partial charge in [0.25, 0.3) is 35.4 Å². The highest BCUT2D eigenvalue weighted by Crippen LogP contribution is 2.42. The minimum Gasteiger partial charge on any atom is -0.394 e. The highest BCUT2D eigenvalue weighted by molar-refractivity contribution is 14.1. The lowest BCUT2D eigenvalue weighted by atomic mass is 10.1. The van der Waals surface area contributed by atoms with Gasteiger partial charge >= 0.3 is 0 Å². The summed E-state index contributed by atoms with van der Waals surface area (Å²) in [5.41, 5.74) is -0.202. The van der Waals surface area contributed by atoms with Crippen LogP contribution in [0.25, 0.3) is 0 Å². The predicted molar refractivity (Wildman–Crippen MR) is 424 cm³/mol. The monoisotopic (exact) mass is 2380 g/mol. The number of aliphatic hydroxyl groups is 14. The summed E-state index contributed by atoms with van der Waals surface area (Å²) >= 11 is 16.2. The Morgan fingerprint density at radius 3 is 0.619 bits per heavy atom. The van der Waals surface area contributed by atoms with E-state index in [1.807, 2.05) is 67.8 Å². The minimum atomic E-state index is -1.62. The topological polar surface area (TPSA) is 528 Å². The molecule has 0 aliphatic heterocycles. The van der Waals surface area contributed by atoms with Crippen LogP contribution in [0.1, 0.15) is 82.9 Å². The van der Waals surface area contributed by atoms with Crippen molar-refractivity contribution in [3.63, 3.8) is 0 Å². The molecule has 3 aromatic carbocycles. The van der Waals surface area contributed by atoms with Crippen LogP contribution < -0.4 is 46.6 Å². The van der Waals surface area contributed by atoms with Gasteiger partial charge in [0.15, 0.2) is 0 Å². The average Bonchev–Trinajstić information content (AvgIpc) is 0.773. The van der Waals surface area contributed by atoms with Crippen LogP contribution in [-0.2, 0) is 19.1 Å².